The van der Waals surface area contributed by atoms with Gasteiger partial charge in [-0.3, -0.25) is 0 Å². The van der Waals surface area contributed by atoms with E-state index >= 15 is 0 Å². The van der Waals surface area contributed by atoms with Crippen LogP contribution in [0.5, 0.6) is 0 Å². The molecule has 0 bridgehead atoms. The van der Waals surface area contributed by atoms with Crippen LogP contribution in [0.4, 0.5) is 0 Å². The van der Waals surface area contributed by atoms with Crippen LogP contribution in [0, 0.1) is 0 Å². The Hall–Kier alpha value is -0.120. The molecule has 1 heterocycles. The van der Waals surface area contributed by atoms with Gasteiger partial charge in [-0.1, -0.05) is 0 Å². The second-order valence-electron chi connectivity index (χ2n) is 3.98. The van der Waals surface area contributed by atoms with Gasteiger partial charge < -0.3 is 16.0 Å². The quantitative estimate of drug-likeness (QED) is 0.577. The molecule has 1 fully saturated rings. The predicted molar refractivity (Wildman–Crippen MR) is 57.0 cm³/mol. The van der Waals surface area contributed by atoms with Crippen molar-refractivity contribution in [2.75, 3.05) is 26.7 Å². The molecule has 0 spiro atoms. The summed E-state index contributed by atoms with van der Waals surface area (Å²) in [6, 6.07) is 1.34. The van der Waals surface area contributed by atoms with Crippen LogP contribution in [0.15, 0.2) is 0 Å². The number of nitrogens with one attached hydrogen (secondary N) is 3. The first-order valence-corrected chi connectivity index (χ1v) is 5.44. The highest BCUT2D eigenvalue weighted by molar-refractivity contribution is 4.75. The third kappa shape index (κ3) is 4.60. The van der Waals surface area contributed by atoms with Crippen molar-refractivity contribution in [1.29, 1.82) is 0 Å². The average Bonchev–Trinajstić information content (AvgIpc) is 2.19. The molecule has 2 atom stereocenters. The highest BCUT2D eigenvalue weighted by Crippen LogP contribution is 2.01. The lowest BCUT2D eigenvalue weighted by Gasteiger charge is -2.24. The van der Waals surface area contributed by atoms with Gasteiger partial charge in [-0.05, 0) is 46.3 Å². The maximum Gasteiger partial charge on any atom is 0.0192 e. The fourth-order valence-electron chi connectivity index (χ4n) is 1.67. The predicted octanol–water partition coefficient (Wildman–Crippen LogP) is 0.326. The molecule has 0 aromatic rings. The van der Waals surface area contributed by atoms with Crippen LogP contribution in [0.3, 0.4) is 0 Å². The van der Waals surface area contributed by atoms with Crippen LogP contribution >= 0.6 is 0 Å². The maximum absolute atomic E-state index is 3.58. The largest absolute Gasteiger partial charge is 0.317 e. The fourth-order valence-corrected chi connectivity index (χ4v) is 1.67. The van der Waals surface area contributed by atoms with Crippen molar-refractivity contribution in [3.63, 3.8) is 0 Å². The Morgan fingerprint density at radius 2 is 2.38 bits per heavy atom. The van der Waals surface area contributed by atoms with Crippen LogP contribution in [0.25, 0.3) is 0 Å². The highest BCUT2D eigenvalue weighted by atomic mass is 15.0. The third-order valence-electron chi connectivity index (χ3n) is 2.80. The maximum atomic E-state index is 3.58. The summed E-state index contributed by atoms with van der Waals surface area (Å²) >= 11 is 0. The Labute approximate surface area is 81.7 Å². The molecule has 0 aliphatic carbocycles. The van der Waals surface area contributed by atoms with Crippen molar-refractivity contribution in [1.82, 2.24) is 16.0 Å². The molecule has 0 amide bonds. The minimum absolute atomic E-state index is 0.629. The molecule has 0 aromatic heterocycles. The van der Waals surface area contributed by atoms with Crippen molar-refractivity contribution >= 4 is 0 Å². The van der Waals surface area contributed by atoms with Crippen LogP contribution in [-0.4, -0.2) is 38.8 Å². The zero-order valence-corrected chi connectivity index (χ0v) is 8.90. The third-order valence-corrected chi connectivity index (χ3v) is 2.80. The van der Waals surface area contributed by atoms with Gasteiger partial charge in [0.25, 0.3) is 0 Å². The van der Waals surface area contributed by atoms with Gasteiger partial charge in [0.15, 0.2) is 0 Å². The Balaban J connectivity index is 1.98. The van der Waals surface area contributed by atoms with Gasteiger partial charge in [-0.15, -0.1) is 0 Å². The van der Waals surface area contributed by atoms with Gasteiger partial charge in [0, 0.05) is 18.6 Å². The summed E-state index contributed by atoms with van der Waals surface area (Å²) in [5, 5.41) is 10.2. The normalized spacial score (nSPS) is 25.8. The average molecular weight is 185 g/mol. The van der Waals surface area contributed by atoms with E-state index in [1.54, 1.807) is 0 Å². The summed E-state index contributed by atoms with van der Waals surface area (Å²) in [5.74, 6) is 0. The number of rotatable bonds is 5. The first-order valence-electron chi connectivity index (χ1n) is 5.44. The molecule has 0 saturated carbocycles. The summed E-state index contributed by atoms with van der Waals surface area (Å²) < 4.78 is 0. The second kappa shape index (κ2) is 6.35. The Morgan fingerprint density at radius 1 is 1.54 bits per heavy atom. The molecular weight excluding hydrogens is 162 g/mol. The Kier molecular flexibility index (Phi) is 5.35. The molecule has 0 aromatic carbocycles. The zero-order chi connectivity index (χ0) is 9.52. The molecule has 1 saturated heterocycles. The van der Waals surface area contributed by atoms with E-state index in [0.29, 0.717) is 12.1 Å². The number of piperidine rings is 1. The van der Waals surface area contributed by atoms with Crippen LogP contribution in [0.2, 0.25) is 0 Å². The lowest BCUT2D eigenvalue weighted by atomic mass is 10.1. The molecule has 3 heteroatoms. The van der Waals surface area contributed by atoms with Gasteiger partial charge in [0.1, 0.15) is 0 Å². The van der Waals surface area contributed by atoms with Crippen molar-refractivity contribution < 1.29 is 0 Å². The van der Waals surface area contributed by atoms with E-state index in [-0.39, 0.29) is 0 Å². The molecule has 0 radical (unpaired) electrons. The highest BCUT2D eigenvalue weighted by Gasteiger charge is 2.11. The van der Waals surface area contributed by atoms with Crippen molar-refractivity contribution in [2.24, 2.45) is 0 Å². The first kappa shape index (κ1) is 11.0. The topological polar surface area (TPSA) is 36.1 Å². The molecule has 2 unspecified atom stereocenters. The van der Waals surface area contributed by atoms with E-state index in [0.717, 1.165) is 13.1 Å². The van der Waals surface area contributed by atoms with E-state index in [2.05, 4.69) is 22.9 Å². The lowest BCUT2D eigenvalue weighted by molar-refractivity contribution is 0.380. The van der Waals surface area contributed by atoms with E-state index in [1.165, 1.54) is 25.8 Å². The standard InChI is InChI=1S/C10H23N3/c1-9(11-2)5-7-13-10-4-3-6-12-8-10/h9-13H,3-8H2,1-2H3. The summed E-state index contributed by atoms with van der Waals surface area (Å²) in [6.45, 7) is 5.70. The Bertz CT molecular complexity index is 121. The first-order chi connectivity index (χ1) is 6.33. The number of hydrogen-bond donors (Lipinski definition) is 3. The molecule has 1 aliphatic heterocycles. The van der Waals surface area contributed by atoms with Gasteiger partial charge in [-0.25, -0.2) is 0 Å². The van der Waals surface area contributed by atoms with Gasteiger partial charge >= 0.3 is 0 Å². The zero-order valence-electron chi connectivity index (χ0n) is 8.90. The smallest absolute Gasteiger partial charge is 0.0192 e. The summed E-state index contributed by atoms with van der Waals surface area (Å²) in [6.07, 6.45) is 3.87. The minimum Gasteiger partial charge on any atom is -0.317 e. The lowest BCUT2D eigenvalue weighted by Crippen LogP contribution is -2.44. The molecule has 1 aliphatic rings. The van der Waals surface area contributed by atoms with Gasteiger partial charge in [-0.2, -0.15) is 0 Å². The second-order valence-corrected chi connectivity index (χ2v) is 3.98. The Morgan fingerprint density at radius 3 is 3.00 bits per heavy atom. The molecule has 1 rings (SSSR count). The monoisotopic (exact) mass is 185 g/mol. The van der Waals surface area contributed by atoms with Crippen molar-refractivity contribution in [3.05, 3.63) is 0 Å². The SMILES string of the molecule is CNC(C)CCNC1CCCNC1. The molecule has 13 heavy (non-hydrogen) atoms. The summed E-state index contributed by atoms with van der Waals surface area (Å²) in [5.41, 5.74) is 0. The van der Waals surface area contributed by atoms with E-state index in [4.69, 9.17) is 0 Å². The van der Waals surface area contributed by atoms with Gasteiger partial charge in [0.2, 0.25) is 0 Å². The molecule has 78 valence electrons. The molecule has 3 N–H and O–H groups in total. The van der Waals surface area contributed by atoms with Crippen molar-refractivity contribution in [2.45, 2.75) is 38.3 Å². The summed E-state index contributed by atoms with van der Waals surface area (Å²) in [7, 11) is 2.02. The minimum atomic E-state index is 0.629. The molecular formula is C10H23N3. The van der Waals surface area contributed by atoms with Crippen molar-refractivity contribution in [3.8, 4) is 0 Å². The van der Waals surface area contributed by atoms with Crippen LogP contribution < -0.4 is 16.0 Å². The van der Waals surface area contributed by atoms with Gasteiger partial charge in [0.05, 0.1) is 0 Å². The number of hydrogen-bond acceptors (Lipinski definition) is 3. The van der Waals surface area contributed by atoms with E-state index < -0.39 is 0 Å². The fraction of sp³-hybridized carbons (Fsp3) is 1.00. The van der Waals surface area contributed by atoms with E-state index in [1.807, 2.05) is 7.05 Å². The molecule has 3 nitrogen and oxygen atoms in total. The van der Waals surface area contributed by atoms with E-state index in [9.17, 15) is 0 Å². The van der Waals surface area contributed by atoms with Crippen LogP contribution in [-0.2, 0) is 0 Å². The van der Waals surface area contributed by atoms with Crippen LogP contribution in [0.1, 0.15) is 26.2 Å². The summed E-state index contributed by atoms with van der Waals surface area (Å²) in [4.78, 5) is 0.